The van der Waals surface area contributed by atoms with Crippen molar-refractivity contribution in [1.82, 2.24) is 4.98 Å². The summed E-state index contributed by atoms with van der Waals surface area (Å²) in [4.78, 5) is 8.53. The molecule has 1 aromatic carbocycles. The highest BCUT2D eigenvalue weighted by Crippen LogP contribution is 2.32. The Morgan fingerprint density at radius 2 is 2.19 bits per heavy atom. The molecule has 21 heavy (non-hydrogen) atoms. The lowest BCUT2D eigenvalue weighted by Gasteiger charge is -2.01. The Balaban J connectivity index is 2.39. The molecule has 0 unspecified atom stereocenters. The molecule has 112 valence electrons. The highest BCUT2D eigenvalue weighted by molar-refractivity contribution is 7.98. The van der Waals surface area contributed by atoms with Gasteiger partial charge < -0.3 is 15.9 Å². The molecule has 0 radical (unpaired) electrons. The van der Waals surface area contributed by atoms with Crippen molar-refractivity contribution in [1.29, 1.82) is 0 Å². The topological polar surface area (TPSA) is 90.4 Å². The van der Waals surface area contributed by atoms with Crippen LogP contribution < -0.4 is 11.5 Å². The number of hydrogen-bond donors (Lipinski definition) is 2. The van der Waals surface area contributed by atoms with Crippen LogP contribution in [-0.4, -0.2) is 23.0 Å². The van der Waals surface area contributed by atoms with E-state index < -0.39 is 0 Å². The normalized spacial score (nSPS) is 10.6. The fourth-order valence-corrected chi connectivity index (χ4v) is 2.47. The van der Waals surface area contributed by atoms with Gasteiger partial charge in [-0.15, -0.1) is 0 Å². The number of oxazole rings is 1. The predicted molar refractivity (Wildman–Crippen MR) is 89.2 cm³/mol. The molecule has 4 N–H and O–H groups in total. The summed E-state index contributed by atoms with van der Waals surface area (Å²) in [5.41, 5.74) is 13.0. The second-order valence-electron chi connectivity index (χ2n) is 4.47. The number of aromatic nitrogens is 1. The third-order valence-electron chi connectivity index (χ3n) is 2.87. The Morgan fingerprint density at radius 3 is 2.86 bits per heavy atom. The molecule has 0 saturated carbocycles. The molecule has 0 saturated heterocycles. The molecule has 0 bridgehead atoms. The zero-order chi connectivity index (χ0) is 15.4. The Bertz CT molecular complexity index is 665. The van der Waals surface area contributed by atoms with Crippen LogP contribution in [0.1, 0.15) is 11.5 Å². The molecular weight excluding hydrogens is 308 g/mol. The molecule has 0 fully saturated rings. The third kappa shape index (κ3) is 3.92. The van der Waals surface area contributed by atoms with Gasteiger partial charge in [0.05, 0.1) is 22.0 Å². The number of nitrogens with zero attached hydrogens (tertiary/aromatic N) is 2. The number of benzene rings is 1. The lowest BCUT2D eigenvalue weighted by molar-refractivity contribution is 0.540. The highest BCUT2D eigenvalue weighted by atomic mass is 35.5. The molecule has 0 spiro atoms. The van der Waals surface area contributed by atoms with Gasteiger partial charge in [0, 0.05) is 6.42 Å². The first-order valence-electron chi connectivity index (χ1n) is 6.36. The molecule has 1 heterocycles. The van der Waals surface area contributed by atoms with Crippen LogP contribution in [0.3, 0.4) is 0 Å². The van der Waals surface area contributed by atoms with E-state index in [0.717, 1.165) is 23.6 Å². The van der Waals surface area contributed by atoms with Gasteiger partial charge in [-0.3, -0.25) is 0 Å². The molecule has 0 amide bonds. The van der Waals surface area contributed by atoms with Gasteiger partial charge in [0.1, 0.15) is 5.76 Å². The summed E-state index contributed by atoms with van der Waals surface area (Å²) in [6, 6.07) is 5.21. The first-order chi connectivity index (χ1) is 10.0. The number of nitrogens with two attached hydrogens (primary N) is 2. The first-order valence-corrected chi connectivity index (χ1v) is 8.13. The van der Waals surface area contributed by atoms with E-state index in [0.29, 0.717) is 22.2 Å². The summed E-state index contributed by atoms with van der Waals surface area (Å²) in [5.74, 6) is 2.28. The quantitative estimate of drug-likeness (QED) is 0.651. The average Bonchev–Trinajstić information content (AvgIpc) is 2.79. The number of halogens is 1. The van der Waals surface area contributed by atoms with Crippen LogP contribution in [0.15, 0.2) is 27.6 Å². The summed E-state index contributed by atoms with van der Waals surface area (Å²) in [6.07, 6.45) is 2.92. The summed E-state index contributed by atoms with van der Waals surface area (Å²) < 4.78 is 5.72. The average molecular weight is 325 g/mol. The van der Waals surface area contributed by atoms with E-state index in [-0.39, 0.29) is 5.96 Å². The van der Waals surface area contributed by atoms with Gasteiger partial charge in [0.2, 0.25) is 5.89 Å². The second-order valence-corrected chi connectivity index (χ2v) is 5.86. The molecule has 5 nitrogen and oxygen atoms in total. The number of aryl methyl sites for hydroxylation is 2. The van der Waals surface area contributed by atoms with Gasteiger partial charge in [-0.1, -0.05) is 11.6 Å². The fraction of sp³-hybridized carbons (Fsp3) is 0.286. The monoisotopic (exact) mass is 324 g/mol. The van der Waals surface area contributed by atoms with E-state index in [1.807, 2.05) is 6.92 Å². The Kier molecular flexibility index (Phi) is 5.14. The van der Waals surface area contributed by atoms with Crippen molar-refractivity contribution in [2.24, 2.45) is 16.5 Å². The maximum atomic E-state index is 6.22. The smallest absolute Gasteiger partial charge is 0.228 e. The maximum Gasteiger partial charge on any atom is 0.228 e. The molecule has 0 aliphatic carbocycles. The van der Waals surface area contributed by atoms with E-state index in [2.05, 4.69) is 16.2 Å². The zero-order valence-electron chi connectivity index (χ0n) is 11.9. The minimum Gasteiger partial charge on any atom is -0.441 e. The fourth-order valence-electron chi connectivity index (χ4n) is 1.87. The van der Waals surface area contributed by atoms with E-state index >= 15 is 0 Å². The molecule has 0 aliphatic heterocycles. The van der Waals surface area contributed by atoms with Crippen molar-refractivity contribution in [2.45, 2.75) is 13.3 Å². The molecular formula is C14H17ClN4OS. The van der Waals surface area contributed by atoms with Crippen molar-refractivity contribution in [3.8, 4) is 11.5 Å². The SMILES string of the molecule is CSCCc1nc(-c2cc(N=C(N)N)ccc2Cl)oc1C. The summed E-state index contributed by atoms with van der Waals surface area (Å²) >= 11 is 7.99. The summed E-state index contributed by atoms with van der Waals surface area (Å²) in [6.45, 7) is 1.90. The lowest BCUT2D eigenvalue weighted by atomic mass is 10.2. The molecule has 0 aliphatic rings. The van der Waals surface area contributed by atoms with Crippen molar-refractivity contribution >= 4 is 35.0 Å². The second kappa shape index (κ2) is 6.87. The predicted octanol–water partition coefficient (Wildman–Crippen LogP) is 3.11. The first kappa shape index (κ1) is 15.7. The van der Waals surface area contributed by atoms with Crippen molar-refractivity contribution in [3.63, 3.8) is 0 Å². The van der Waals surface area contributed by atoms with E-state index in [9.17, 15) is 0 Å². The van der Waals surface area contributed by atoms with Gasteiger partial charge in [-0.2, -0.15) is 11.8 Å². The minimum atomic E-state index is -0.00693. The van der Waals surface area contributed by atoms with Crippen molar-refractivity contribution < 1.29 is 4.42 Å². The van der Waals surface area contributed by atoms with Gasteiger partial charge in [-0.25, -0.2) is 9.98 Å². The number of aliphatic imine (C=N–C) groups is 1. The third-order valence-corrected chi connectivity index (χ3v) is 3.82. The number of thioether (sulfide) groups is 1. The summed E-state index contributed by atoms with van der Waals surface area (Å²) in [5, 5.41) is 0.544. The Morgan fingerprint density at radius 1 is 1.43 bits per heavy atom. The standard InChI is InChI=1S/C14H17ClN4OS/c1-8-12(5-6-21-2)19-13(20-8)10-7-9(18-14(16)17)3-4-11(10)15/h3-4,7H,5-6H2,1-2H3,(H4,16,17,18). The summed E-state index contributed by atoms with van der Waals surface area (Å²) in [7, 11) is 0. The number of guanidine groups is 1. The van der Waals surface area contributed by atoms with Crippen molar-refractivity contribution in [3.05, 3.63) is 34.7 Å². The molecule has 0 atom stereocenters. The van der Waals surface area contributed by atoms with Crippen LogP contribution in [0.4, 0.5) is 5.69 Å². The van der Waals surface area contributed by atoms with Crippen LogP contribution in [-0.2, 0) is 6.42 Å². The van der Waals surface area contributed by atoms with Crippen LogP contribution in [0.2, 0.25) is 5.02 Å². The van der Waals surface area contributed by atoms with Crippen LogP contribution in [0.5, 0.6) is 0 Å². The van der Waals surface area contributed by atoms with E-state index in [1.54, 1.807) is 30.0 Å². The van der Waals surface area contributed by atoms with Gasteiger partial charge in [-0.05, 0) is 37.1 Å². The van der Waals surface area contributed by atoms with Crippen molar-refractivity contribution in [2.75, 3.05) is 12.0 Å². The highest BCUT2D eigenvalue weighted by Gasteiger charge is 2.14. The lowest BCUT2D eigenvalue weighted by Crippen LogP contribution is -2.21. The van der Waals surface area contributed by atoms with E-state index in [1.165, 1.54) is 0 Å². The van der Waals surface area contributed by atoms with Gasteiger partial charge >= 0.3 is 0 Å². The van der Waals surface area contributed by atoms with Gasteiger partial charge in [0.25, 0.3) is 0 Å². The Hall–Kier alpha value is -1.66. The molecule has 1 aromatic heterocycles. The van der Waals surface area contributed by atoms with Crippen LogP contribution in [0, 0.1) is 6.92 Å². The van der Waals surface area contributed by atoms with Crippen LogP contribution in [0.25, 0.3) is 11.5 Å². The van der Waals surface area contributed by atoms with Crippen LogP contribution >= 0.6 is 23.4 Å². The molecule has 7 heteroatoms. The largest absolute Gasteiger partial charge is 0.441 e. The maximum absolute atomic E-state index is 6.22. The zero-order valence-corrected chi connectivity index (χ0v) is 13.5. The van der Waals surface area contributed by atoms with Gasteiger partial charge in [0.15, 0.2) is 5.96 Å². The van der Waals surface area contributed by atoms with E-state index in [4.69, 9.17) is 27.5 Å². The number of hydrogen-bond acceptors (Lipinski definition) is 4. The minimum absolute atomic E-state index is 0.00693. The molecule has 2 aromatic rings. The molecule has 2 rings (SSSR count). The Labute approximate surface area is 132 Å². The number of rotatable bonds is 5.